The number of aromatic nitrogens is 1. The Morgan fingerprint density at radius 1 is 1.03 bits per heavy atom. The molecule has 0 saturated carbocycles. The highest BCUT2D eigenvalue weighted by Crippen LogP contribution is 2.32. The molecule has 0 fully saturated rings. The van der Waals surface area contributed by atoms with Gasteiger partial charge in [-0.3, -0.25) is 4.79 Å². The van der Waals surface area contributed by atoms with E-state index in [4.69, 9.17) is 0 Å². The van der Waals surface area contributed by atoms with Crippen LogP contribution in [0.4, 0.5) is 29.1 Å². The van der Waals surface area contributed by atoms with E-state index in [0.29, 0.717) is 18.4 Å². The summed E-state index contributed by atoms with van der Waals surface area (Å²) in [4.78, 5) is 19.1. The van der Waals surface area contributed by atoms with Gasteiger partial charge in [-0.1, -0.05) is 12.1 Å². The molecular weight excluding hydrogens is 448 g/mol. The van der Waals surface area contributed by atoms with E-state index in [1.165, 1.54) is 24.4 Å². The Kier molecular flexibility index (Phi) is 8.22. The van der Waals surface area contributed by atoms with Gasteiger partial charge < -0.3 is 15.5 Å². The summed E-state index contributed by atoms with van der Waals surface area (Å²) in [6.07, 6.45) is -1.91. The van der Waals surface area contributed by atoms with Crippen LogP contribution < -0.4 is 10.6 Å². The van der Waals surface area contributed by atoms with Gasteiger partial charge in [0.05, 0.1) is 11.1 Å². The van der Waals surface area contributed by atoms with Gasteiger partial charge in [0.1, 0.15) is 11.6 Å². The third-order valence-electron chi connectivity index (χ3n) is 5.07. The minimum Gasteiger partial charge on any atom is -0.365 e. The van der Waals surface area contributed by atoms with Gasteiger partial charge >= 0.3 is 6.18 Å². The highest BCUT2D eigenvalue weighted by atomic mass is 19.4. The smallest absolute Gasteiger partial charge is 0.365 e. The maximum atomic E-state index is 13.4. The molecule has 0 aliphatic heterocycles. The van der Waals surface area contributed by atoms with E-state index in [-0.39, 0.29) is 29.4 Å². The maximum absolute atomic E-state index is 13.4. The molecule has 0 aliphatic rings. The quantitative estimate of drug-likeness (QED) is 0.397. The fourth-order valence-electron chi connectivity index (χ4n) is 3.39. The molecule has 3 rings (SSSR count). The molecule has 9 heteroatoms. The Bertz CT molecular complexity index is 1110. The number of amides is 1. The number of benzene rings is 2. The first kappa shape index (κ1) is 25.2. The zero-order chi connectivity index (χ0) is 24.7. The average molecular weight is 475 g/mol. The second-order valence-corrected chi connectivity index (χ2v) is 8.16. The van der Waals surface area contributed by atoms with Crippen molar-refractivity contribution in [3.05, 3.63) is 88.9 Å². The molecule has 0 saturated heterocycles. The number of hydrogen-bond donors (Lipinski definition) is 2. The van der Waals surface area contributed by atoms with Crippen molar-refractivity contribution in [1.29, 1.82) is 0 Å². The van der Waals surface area contributed by atoms with Crippen LogP contribution in [0.3, 0.4) is 0 Å². The van der Waals surface area contributed by atoms with Crippen LogP contribution in [0, 0.1) is 5.82 Å². The zero-order valence-corrected chi connectivity index (χ0v) is 18.9. The first-order valence-corrected chi connectivity index (χ1v) is 10.7. The van der Waals surface area contributed by atoms with Crippen molar-refractivity contribution in [3.8, 4) is 0 Å². The number of rotatable bonds is 9. The standard InChI is InChI=1S/C25H26F4N4O/c1-33(2)12-4-5-18-13-19(25(27,28)29)15-21(14-18)32-24(34)22-6-3-11-30-23(22)31-16-17-7-9-20(26)10-8-17/h3,6-11,13-15H,4-5,12,16H2,1-2H3,(H,30,31)(H,32,34). The van der Waals surface area contributed by atoms with Gasteiger partial charge in [0.15, 0.2) is 0 Å². The zero-order valence-electron chi connectivity index (χ0n) is 18.9. The van der Waals surface area contributed by atoms with E-state index in [2.05, 4.69) is 15.6 Å². The van der Waals surface area contributed by atoms with Crippen LogP contribution in [-0.4, -0.2) is 36.4 Å². The summed E-state index contributed by atoms with van der Waals surface area (Å²) < 4.78 is 53.4. The van der Waals surface area contributed by atoms with E-state index in [0.717, 1.165) is 24.2 Å². The predicted octanol–water partition coefficient (Wildman–Crippen LogP) is 5.60. The third-order valence-corrected chi connectivity index (χ3v) is 5.07. The number of aryl methyl sites for hydroxylation is 1. The molecule has 2 N–H and O–H groups in total. The number of halogens is 4. The molecule has 0 unspecified atom stereocenters. The van der Waals surface area contributed by atoms with Crippen molar-refractivity contribution < 1.29 is 22.4 Å². The van der Waals surface area contributed by atoms with Crippen molar-refractivity contribution >= 4 is 17.4 Å². The highest BCUT2D eigenvalue weighted by molar-refractivity contribution is 6.07. The Morgan fingerprint density at radius 2 is 1.76 bits per heavy atom. The molecule has 1 heterocycles. The average Bonchev–Trinajstić information content (AvgIpc) is 2.78. The Morgan fingerprint density at radius 3 is 2.44 bits per heavy atom. The van der Waals surface area contributed by atoms with Crippen molar-refractivity contribution in [2.75, 3.05) is 31.3 Å². The van der Waals surface area contributed by atoms with Gasteiger partial charge in [0.2, 0.25) is 0 Å². The molecule has 2 aromatic carbocycles. The Labute approximate surface area is 195 Å². The lowest BCUT2D eigenvalue weighted by atomic mass is 10.0. The van der Waals surface area contributed by atoms with Crippen LogP contribution in [0.15, 0.2) is 60.8 Å². The fraction of sp³-hybridized carbons (Fsp3) is 0.280. The number of pyridine rings is 1. The van der Waals surface area contributed by atoms with Crippen molar-refractivity contribution in [1.82, 2.24) is 9.88 Å². The summed E-state index contributed by atoms with van der Waals surface area (Å²) in [6.45, 7) is 1.02. The topological polar surface area (TPSA) is 57.3 Å². The van der Waals surface area contributed by atoms with Crippen LogP contribution >= 0.6 is 0 Å². The van der Waals surface area contributed by atoms with Crippen LogP contribution in [0.1, 0.15) is 33.5 Å². The molecule has 0 radical (unpaired) electrons. The molecule has 0 aliphatic carbocycles. The monoisotopic (exact) mass is 474 g/mol. The molecular formula is C25H26F4N4O. The molecule has 0 atom stereocenters. The van der Waals surface area contributed by atoms with Crippen LogP contribution in [0.5, 0.6) is 0 Å². The van der Waals surface area contributed by atoms with Crippen molar-refractivity contribution in [3.63, 3.8) is 0 Å². The van der Waals surface area contributed by atoms with E-state index in [1.54, 1.807) is 24.3 Å². The molecule has 1 aromatic heterocycles. The first-order chi connectivity index (χ1) is 16.1. The summed E-state index contributed by atoms with van der Waals surface area (Å²) in [5.74, 6) is -0.681. The summed E-state index contributed by atoms with van der Waals surface area (Å²) in [6, 6.07) is 12.6. The van der Waals surface area contributed by atoms with Gasteiger partial charge in [0.25, 0.3) is 5.91 Å². The SMILES string of the molecule is CN(C)CCCc1cc(NC(=O)c2cccnc2NCc2ccc(F)cc2)cc(C(F)(F)F)c1. The van der Waals surface area contributed by atoms with E-state index in [9.17, 15) is 22.4 Å². The van der Waals surface area contributed by atoms with Crippen LogP contribution in [0.2, 0.25) is 0 Å². The van der Waals surface area contributed by atoms with E-state index in [1.807, 2.05) is 19.0 Å². The minimum atomic E-state index is -4.53. The molecule has 1 amide bonds. The number of nitrogens with zero attached hydrogens (tertiary/aromatic N) is 2. The minimum absolute atomic E-state index is 0.0630. The lowest BCUT2D eigenvalue weighted by molar-refractivity contribution is -0.137. The van der Waals surface area contributed by atoms with Gasteiger partial charge in [-0.05, 0) is 87.1 Å². The molecule has 0 bridgehead atoms. The second-order valence-electron chi connectivity index (χ2n) is 8.16. The van der Waals surface area contributed by atoms with E-state index < -0.39 is 17.6 Å². The molecule has 180 valence electrons. The highest BCUT2D eigenvalue weighted by Gasteiger charge is 2.31. The summed E-state index contributed by atoms with van der Waals surface area (Å²) in [5.41, 5.74) is 0.696. The van der Waals surface area contributed by atoms with Gasteiger partial charge in [-0.15, -0.1) is 0 Å². The van der Waals surface area contributed by atoms with Crippen molar-refractivity contribution in [2.45, 2.75) is 25.6 Å². The number of anilines is 2. The molecule has 5 nitrogen and oxygen atoms in total. The predicted molar refractivity (Wildman–Crippen MR) is 124 cm³/mol. The summed E-state index contributed by atoms with van der Waals surface area (Å²) >= 11 is 0. The normalized spacial score (nSPS) is 11.5. The number of carbonyl (C=O) groups excluding carboxylic acids is 1. The number of alkyl halides is 3. The van der Waals surface area contributed by atoms with Gasteiger partial charge in [-0.2, -0.15) is 13.2 Å². The second kappa shape index (κ2) is 11.1. The summed E-state index contributed by atoms with van der Waals surface area (Å²) in [7, 11) is 3.79. The number of hydrogen-bond acceptors (Lipinski definition) is 4. The first-order valence-electron chi connectivity index (χ1n) is 10.7. The lowest BCUT2D eigenvalue weighted by Gasteiger charge is -2.15. The summed E-state index contributed by atoms with van der Waals surface area (Å²) in [5, 5.41) is 5.60. The van der Waals surface area contributed by atoms with Gasteiger partial charge in [-0.25, -0.2) is 9.37 Å². The van der Waals surface area contributed by atoms with Crippen LogP contribution in [0.25, 0.3) is 0 Å². The van der Waals surface area contributed by atoms with E-state index >= 15 is 0 Å². The maximum Gasteiger partial charge on any atom is 0.416 e. The molecule has 0 spiro atoms. The number of carbonyl (C=O) groups is 1. The lowest BCUT2D eigenvalue weighted by Crippen LogP contribution is -2.17. The number of nitrogens with one attached hydrogen (secondary N) is 2. The molecule has 34 heavy (non-hydrogen) atoms. The van der Waals surface area contributed by atoms with Crippen LogP contribution in [-0.2, 0) is 19.1 Å². The Balaban J connectivity index is 1.78. The Hall–Kier alpha value is -3.46. The largest absolute Gasteiger partial charge is 0.416 e. The molecule has 3 aromatic rings. The van der Waals surface area contributed by atoms with Crippen molar-refractivity contribution in [2.24, 2.45) is 0 Å². The van der Waals surface area contributed by atoms with Gasteiger partial charge in [0, 0.05) is 18.4 Å². The third kappa shape index (κ3) is 7.28. The fourth-order valence-corrected chi connectivity index (χ4v) is 3.39.